The molecule has 1 amide bonds. The number of nitrogens with zero attached hydrogens (tertiary/aromatic N) is 1. The number of carbonyl (C=O) groups excluding carboxylic acids is 1. The van der Waals surface area contributed by atoms with Crippen molar-refractivity contribution in [3.63, 3.8) is 0 Å². The van der Waals surface area contributed by atoms with Crippen LogP contribution in [0.1, 0.15) is 29.8 Å². The molecule has 0 radical (unpaired) electrons. The Morgan fingerprint density at radius 1 is 1.53 bits per heavy atom. The van der Waals surface area contributed by atoms with Crippen molar-refractivity contribution in [3.05, 3.63) is 22.6 Å². The summed E-state index contributed by atoms with van der Waals surface area (Å²) < 4.78 is 5.86. The number of furan rings is 1. The average molecular weight is 324 g/mol. The van der Waals surface area contributed by atoms with Crippen LogP contribution < -0.4 is 5.73 Å². The van der Waals surface area contributed by atoms with Crippen molar-refractivity contribution in [1.29, 1.82) is 0 Å². The third-order valence-electron chi connectivity index (χ3n) is 2.94. The van der Waals surface area contributed by atoms with E-state index in [1.807, 2.05) is 4.90 Å². The second-order valence-corrected chi connectivity index (χ2v) is 4.77. The first-order valence-corrected chi connectivity index (χ1v) is 6.28. The zero-order valence-corrected chi connectivity index (χ0v) is 11.8. The topological polar surface area (TPSA) is 59.5 Å². The molecule has 2 heterocycles. The lowest BCUT2D eigenvalue weighted by Gasteiger charge is -2.34. The molecule has 2 N–H and O–H groups in total. The van der Waals surface area contributed by atoms with E-state index in [1.165, 1.54) is 0 Å². The number of hydrogen-bond acceptors (Lipinski definition) is 3. The molecule has 1 fully saturated rings. The Labute approximate surface area is 115 Å². The summed E-state index contributed by atoms with van der Waals surface area (Å²) in [5.41, 5.74) is 5.68. The minimum atomic E-state index is -0.0548. The van der Waals surface area contributed by atoms with Gasteiger partial charge in [-0.15, -0.1) is 12.4 Å². The SMILES string of the molecule is Cl.NCC1CCCCN1C(=O)c1ccc(Br)o1. The van der Waals surface area contributed by atoms with Gasteiger partial charge < -0.3 is 15.1 Å². The molecule has 6 heteroatoms. The van der Waals surface area contributed by atoms with Gasteiger partial charge in [-0.3, -0.25) is 4.79 Å². The third-order valence-corrected chi connectivity index (χ3v) is 3.37. The number of hydrogen-bond donors (Lipinski definition) is 1. The van der Waals surface area contributed by atoms with Gasteiger partial charge in [0.05, 0.1) is 0 Å². The monoisotopic (exact) mass is 322 g/mol. The number of rotatable bonds is 2. The lowest BCUT2D eigenvalue weighted by molar-refractivity contribution is 0.0589. The molecule has 0 saturated carbocycles. The van der Waals surface area contributed by atoms with E-state index in [9.17, 15) is 4.79 Å². The van der Waals surface area contributed by atoms with E-state index in [0.717, 1.165) is 25.8 Å². The number of nitrogens with two attached hydrogens (primary N) is 1. The van der Waals surface area contributed by atoms with E-state index in [-0.39, 0.29) is 24.4 Å². The fourth-order valence-corrected chi connectivity index (χ4v) is 2.39. The van der Waals surface area contributed by atoms with Gasteiger partial charge in [0.1, 0.15) is 0 Å². The van der Waals surface area contributed by atoms with Crippen molar-refractivity contribution in [2.45, 2.75) is 25.3 Å². The van der Waals surface area contributed by atoms with Crippen LogP contribution in [-0.4, -0.2) is 29.9 Å². The normalized spacial score (nSPS) is 19.9. The summed E-state index contributed by atoms with van der Waals surface area (Å²) in [5, 5.41) is 0. The van der Waals surface area contributed by atoms with Crippen molar-refractivity contribution in [2.75, 3.05) is 13.1 Å². The van der Waals surface area contributed by atoms with Gasteiger partial charge in [0.2, 0.25) is 0 Å². The molecule has 4 nitrogen and oxygen atoms in total. The second kappa shape index (κ2) is 6.42. The summed E-state index contributed by atoms with van der Waals surface area (Å²) in [6, 6.07) is 3.58. The molecular formula is C11H16BrClN2O2. The van der Waals surface area contributed by atoms with Crippen molar-refractivity contribution < 1.29 is 9.21 Å². The van der Waals surface area contributed by atoms with Crippen LogP contribution in [0.3, 0.4) is 0 Å². The number of halogens is 2. The van der Waals surface area contributed by atoms with Gasteiger partial charge >= 0.3 is 0 Å². The minimum absolute atomic E-state index is 0. The predicted molar refractivity (Wildman–Crippen MR) is 71.4 cm³/mol. The summed E-state index contributed by atoms with van der Waals surface area (Å²) in [7, 11) is 0. The first-order chi connectivity index (χ1) is 7.72. The summed E-state index contributed by atoms with van der Waals surface area (Å²) in [4.78, 5) is 14.0. The van der Waals surface area contributed by atoms with E-state index in [1.54, 1.807) is 12.1 Å². The largest absolute Gasteiger partial charge is 0.444 e. The highest BCUT2D eigenvalue weighted by Gasteiger charge is 2.27. The molecule has 1 aromatic rings. The van der Waals surface area contributed by atoms with E-state index in [0.29, 0.717) is 17.0 Å². The maximum absolute atomic E-state index is 12.1. The summed E-state index contributed by atoms with van der Waals surface area (Å²) in [5.74, 6) is 0.327. The van der Waals surface area contributed by atoms with Gasteiger partial charge in [0.25, 0.3) is 5.91 Å². The summed E-state index contributed by atoms with van der Waals surface area (Å²) in [6.45, 7) is 1.30. The van der Waals surface area contributed by atoms with Crippen LogP contribution in [0.5, 0.6) is 0 Å². The molecule has 1 unspecified atom stereocenters. The van der Waals surface area contributed by atoms with Crippen molar-refractivity contribution in [1.82, 2.24) is 4.90 Å². The lowest BCUT2D eigenvalue weighted by Crippen LogP contribution is -2.47. The van der Waals surface area contributed by atoms with Crippen LogP contribution in [0.2, 0.25) is 0 Å². The van der Waals surface area contributed by atoms with Gasteiger partial charge in [-0.2, -0.15) is 0 Å². The molecule has 2 rings (SSSR count). The molecule has 1 aliphatic heterocycles. The molecule has 1 aliphatic rings. The van der Waals surface area contributed by atoms with Crippen molar-refractivity contribution in [3.8, 4) is 0 Å². The van der Waals surface area contributed by atoms with Crippen LogP contribution in [0.25, 0.3) is 0 Å². The standard InChI is InChI=1S/C11H15BrN2O2.ClH/c12-10-5-4-9(16-10)11(15)14-6-2-1-3-8(14)7-13;/h4-5,8H,1-3,6-7,13H2;1H. The van der Waals surface area contributed by atoms with Gasteiger partial charge in [0.15, 0.2) is 10.4 Å². The first-order valence-electron chi connectivity index (χ1n) is 5.48. The molecule has 17 heavy (non-hydrogen) atoms. The van der Waals surface area contributed by atoms with Gasteiger partial charge in [-0.25, -0.2) is 0 Å². The molecule has 96 valence electrons. The third kappa shape index (κ3) is 3.24. The van der Waals surface area contributed by atoms with Crippen LogP contribution in [-0.2, 0) is 0 Å². The molecule has 0 bridgehead atoms. The Bertz CT molecular complexity index is 383. The number of carbonyl (C=O) groups is 1. The zero-order chi connectivity index (χ0) is 11.5. The zero-order valence-electron chi connectivity index (χ0n) is 9.39. The molecule has 0 aliphatic carbocycles. The fraction of sp³-hybridized carbons (Fsp3) is 0.545. The highest BCUT2D eigenvalue weighted by molar-refractivity contribution is 9.10. The summed E-state index contributed by atoms with van der Waals surface area (Å²) >= 11 is 3.19. The highest BCUT2D eigenvalue weighted by atomic mass is 79.9. The minimum Gasteiger partial charge on any atom is -0.444 e. The quantitative estimate of drug-likeness (QED) is 0.909. The number of piperidine rings is 1. The Kier molecular flexibility index (Phi) is 5.49. The molecule has 0 aromatic carbocycles. The number of amides is 1. The predicted octanol–water partition coefficient (Wildman–Crippen LogP) is 2.42. The fourth-order valence-electron chi connectivity index (χ4n) is 2.08. The Hall–Kier alpha value is -0.520. The highest BCUT2D eigenvalue weighted by Crippen LogP contribution is 2.21. The van der Waals surface area contributed by atoms with Gasteiger partial charge in [-0.1, -0.05) is 0 Å². The molecule has 0 spiro atoms. The molecule has 1 saturated heterocycles. The van der Waals surface area contributed by atoms with E-state index < -0.39 is 0 Å². The molecular weight excluding hydrogens is 307 g/mol. The first kappa shape index (κ1) is 14.5. The van der Waals surface area contributed by atoms with E-state index >= 15 is 0 Å². The Morgan fingerprint density at radius 3 is 2.88 bits per heavy atom. The number of likely N-dealkylation sites (tertiary alicyclic amines) is 1. The van der Waals surface area contributed by atoms with Crippen molar-refractivity contribution in [2.24, 2.45) is 5.73 Å². The van der Waals surface area contributed by atoms with Gasteiger partial charge in [-0.05, 0) is 47.3 Å². The maximum atomic E-state index is 12.1. The van der Waals surface area contributed by atoms with Crippen LogP contribution in [0, 0.1) is 0 Å². The maximum Gasteiger partial charge on any atom is 0.289 e. The van der Waals surface area contributed by atoms with E-state index in [2.05, 4.69) is 15.9 Å². The molecule has 1 atom stereocenters. The Morgan fingerprint density at radius 2 is 2.29 bits per heavy atom. The Balaban J connectivity index is 0.00000144. The smallest absolute Gasteiger partial charge is 0.289 e. The van der Waals surface area contributed by atoms with Gasteiger partial charge in [0, 0.05) is 19.1 Å². The van der Waals surface area contributed by atoms with E-state index in [4.69, 9.17) is 10.2 Å². The van der Waals surface area contributed by atoms with Crippen LogP contribution in [0.15, 0.2) is 21.2 Å². The molecule has 1 aromatic heterocycles. The summed E-state index contributed by atoms with van der Waals surface area (Å²) in [6.07, 6.45) is 3.18. The second-order valence-electron chi connectivity index (χ2n) is 3.99. The lowest BCUT2D eigenvalue weighted by atomic mass is 10.0. The average Bonchev–Trinajstić information content (AvgIpc) is 2.75. The van der Waals surface area contributed by atoms with Crippen LogP contribution >= 0.6 is 28.3 Å². The van der Waals surface area contributed by atoms with Crippen LogP contribution in [0.4, 0.5) is 0 Å². The van der Waals surface area contributed by atoms with Crippen molar-refractivity contribution >= 4 is 34.2 Å².